The van der Waals surface area contributed by atoms with Gasteiger partial charge in [0.25, 0.3) is 5.91 Å². The van der Waals surface area contributed by atoms with Crippen molar-refractivity contribution in [2.45, 2.75) is 31.1 Å². The van der Waals surface area contributed by atoms with Crippen molar-refractivity contribution in [1.82, 2.24) is 19.9 Å². The maximum atomic E-state index is 13.1. The van der Waals surface area contributed by atoms with Crippen LogP contribution in [0.4, 0.5) is 24.8 Å². The highest BCUT2D eigenvalue weighted by Crippen LogP contribution is 2.39. The molecule has 3 aromatic rings. The first-order chi connectivity index (χ1) is 13.9. The number of carbonyl (C=O) groups is 1. The molecule has 2 atom stereocenters. The lowest BCUT2D eigenvalue weighted by atomic mass is 9.93. The van der Waals surface area contributed by atoms with E-state index in [1.807, 2.05) is 0 Å². The van der Waals surface area contributed by atoms with Gasteiger partial charge in [0.15, 0.2) is 0 Å². The molecule has 7 nitrogen and oxygen atoms in total. The fraction of sp³-hybridized carbons (Fsp3) is 0.389. The molecule has 11 heteroatoms. The number of piperidine rings is 2. The van der Waals surface area contributed by atoms with Crippen molar-refractivity contribution < 1.29 is 18.0 Å². The fourth-order valence-corrected chi connectivity index (χ4v) is 4.68. The third kappa shape index (κ3) is 3.23. The lowest BCUT2D eigenvalue weighted by Gasteiger charge is -2.45. The van der Waals surface area contributed by atoms with Crippen LogP contribution in [0, 0.1) is 0 Å². The first kappa shape index (κ1) is 18.4. The van der Waals surface area contributed by atoms with Gasteiger partial charge in [0, 0.05) is 25.2 Å². The molecule has 3 saturated heterocycles. The second-order valence-electron chi connectivity index (χ2n) is 7.22. The molecule has 2 bridgehead atoms. The van der Waals surface area contributed by atoms with Gasteiger partial charge in [0.05, 0.1) is 17.4 Å². The Labute approximate surface area is 167 Å². The quantitative estimate of drug-likeness (QED) is 0.679. The van der Waals surface area contributed by atoms with Crippen molar-refractivity contribution >= 4 is 34.4 Å². The van der Waals surface area contributed by atoms with Crippen molar-refractivity contribution in [2.24, 2.45) is 0 Å². The average molecular weight is 422 g/mol. The summed E-state index contributed by atoms with van der Waals surface area (Å²) in [6, 6.07) is 5.14. The Balaban J connectivity index is 1.45. The summed E-state index contributed by atoms with van der Waals surface area (Å²) in [4.78, 5) is 18.4. The highest BCUT2D eigenvalue weighted by atomic mass is 32.1. The molecule has 0 unspecified atom stereocenters. The molecular weight excluding hydrogens is 405 g/mol. The molecule has 3 aliphatic rings. The van der Waals surface area contributed by atoms with Gasteiger partial charge in [-0.05, 0) is 36.4 Å². The number of piperazine rings is 1. The maximum Gasteiger partial charge on any atom is 0.427 e. The number of hydrogen-bond donors (Lipinski definition) is 2. The Morgan fingerprint density at radius 3 is 2.83 bits per heavy atom. The van der Waals surface area contributed by atoms with Crippen LogP contribution in [-0.2, 0) is 6.18 Å². The van der Waals surface area contributed by atoms with E-state index in [0.717, 1.165) is 25.9 Å². The van der Waals surface area contributed by atoms with Crippen LogP contribution in [0.15, 0.2) is 29.8 Å². The molecule has 0 aromatic carbocycles. The number of rotatable bonds is 3. The van der Waals surface area contributed by atoms with Gasteiger partial charge in [-0.3, -0.25) is 4.79 Å². The molecule has 2 N–H and O–H groups in total. The molecule has 3 fully saturated rings. The van der Waals surface area contributed by atoms with E-state index in [1.165, 1.54) is 22.0 Å². The van der Waals surface area contributed by atoms with Crippen molar-refractivity contribution in [3.05, 3.63) is 40.3 Å². The summed E-state index contributed by atoms with van der Waals surface area (Å²) in [6.07, 6.45) is -0.727. The molecular formula is C18H17F3N6OS. The number of amides is 1. The van der Waals surface area contributed by atoms with Gasteiger partial charge in [-0.15, -0.1) is 16.4 Å². The van der Waals surface area contributed by atoms with Crippen LogP contribution in [0.3, 0.4) is 0 Å². The first-order valence-electron chi connectivity index (χ1n) is 9.21. The number of alkyl halides is 3. The minimum atomic E-state index is -4.52. The molecule has 1 amide bonds. The first-order valence-corrected chi connectivity index (χ1v) is 10.1. The van der Waals surface area contributed by atoms with Crippen molar-refractivity contribution in [1.29, 1.82) is 0 Å². The standard InChI is InChI=1S/C18H17F3N6OS/c19-18(20,21)15-13(5-6-29-15)24-16(28)14-4-3-12-8-23-17(25-27(12)14)26-9-10-1-2-11(26)7-22-10/h3-6,8,10-11,22H,1-2,7,9H2,(H,24,28)/t10-,11-/m1/s1. The van der Waals surface area contributed by atoms with E-state index < -0.39 is 17.0 Å². The van der Waals surface area contributed by atoms with E-state index in [0.29, 0.717) is 34.9 Å². The van der Waals surface area contributed by atoms with Gasteiger partial charge in [-0.25, -0.2) is 9.50 Å². The smallest absolute Gasteiger partial charge is 0.334 e. The van der Waals surface area contributed by atoms with E-state index in [9.17, 15) is 18.0 Å². The van der Waals surface area contributed by atoms with Crippen molar-refractivity contribution in [3.63, 3.8) is 0 Å². The third-order valence-corrected chi connectivity index (χ3v) is 6.35. The summed E-state index contributed by atoms with van der Waals surface area (Å²) in [5.41, 5.74) is 0.500. The highest BCUT2D eigenvalue weighted by Gasteiger charge is 2.36. The van der Waals surface area contributed by atoms with Gasteiger partial charge in [0.2, 0.25) is 5.95 Å². The van der Waals surface area contributed by atoms with Crippen LogP contribution in [0.25, 0.3) is 5.52 Å². The van der Waals surface area contributed by atoms with E-state index in [-0.39, 0.29) is 11.4 Å². The number of anilines is 2. The van der Waals surface area contributed by atoms with Crippen LogP contribution >= 0.6 is 11.3 Å². The second-order valence-corrected chi connectivity index (χ2v) is 8.13. The van der Waals surface area contributed by atoms with Crippen molar-refractivity contribution in [3.8, 4) is 0 Å². The van der Waals surface area contributed by atoms with Gasteiger partial charge in [-0.1, -0.05) is 0 Å². The number of nitrogens with one attached hydrogen (secondary N) is 2. The predicted octanol–water partition coefficient (Wildman–Crippen LogP) is 3.00. The molecule has 3 aromatic heterocycles. The van der Waals surface area contributed by atoms with E-state index in [1.54, 1.807) is 12.3 Å². The molecule has 0 spiro atoms. The Morgan fingerprint density at radius 2 is 2.14 bits per heavy atom. The highest BCUT2D eigenvalue weighted by molar-refractivity contribution is 7.10. The average Bonchev–Trinajstić information content (AvgIpc) is 3.35. The van der Waals surface area contributed by atoms with Gasteiger partial charge in [-0.2, -0.15) is 13.2 Å². The van der Waals surface area contributed by atoms with Crippen LogP contribution in [0.5, 0.6) is 0 Å². The lowest BCUT2D eigenvalue weighted by molar-refractivity contribution is -0.133. The van der Waals surface area contributed by atoms with Crippen LogP contribution in [0.1, 0.15) is 28.2 Å². The minimum absolute atomic E-state index is 0.156. The Kier molecular flexibility index (Phi) is 4.24. The van der Waals surface area contributed by atoms with E-state index in [4.69, 9.17) is 0 Å². The summed E-state index contributed by atoms with van der Waals surface area (Å²) in [5.74, 6) is -0.133. The number of thiophene rings is 1. The number of carbonyl (C=O) groups excluding carboxylic acids is 1. The Hall–Kier alpha value is -2.66. The SMILES string of the molecule is O=C(Nc1ccsc1C(F)(F)F)c1ccc2cnc(N3C[C@H]4CC[C@@H]3CN4)nn12. The van der Waals surface area contributed by atoms with E-state index in [2.05, 4.69) is 25.6 Å². The molecule has 152 valence electrons. The molecule has 3 aliphatic heterocycles. The number of nitrogens with zero attached hydrogens (tertiary/aromatic N) is 4. The van der Waals surface area contributed by atoms with Crippen LogP contribution in [-0.4, -0.2) is 45.7 Å². The zero-order valence-corrected chi connectivity index (χ0v) is 15.9. The zero-order chi connectivity index (χ0) is 20.2. The van der Waals surface area contributed by atoms with Gasteiger partial charge >= 0.3 is 6.18 Å². The summed E-state index contributed by atoms with van der Waals surface area (Å²) in [5, 5.41) is 11.6. The predicted molar refractivity (Wildman–Crippen MR) is 102 cm³/mol. The monoisotopic (exact) mass is 422 g/mol. The lowest BCUT2D eigenvalue weighted by Crippen LogP contribution is -2.61. The van der Waals surface area contributed by atoms with Crippen LogP contribution < -0.4 is 15.5 Å². The van der Waals surface area contributed by atoms with Crippen LogP contribution in [0.2, 0.25) is 0 Å². The molecule has 0 radical (unpaired) electrons. The minimum Gasteiger partial charge on any atom is -0.334 e. The Bertz CT molecular complexity index is 1070. The summed E-state index contributed by atoms with van der Waals surface area (Å²) in [6.45, 7) is 1.66. The largest absolute Gasteiger partial charge is 0.427 e. The molecule has 0 aliphatic carbocycles. The van der Waals surface area contributed by atoms with Gasteiger partial charge in [0.1, 0.15) is 10.6 Å². The summed E-state index contributed by atoms with van der Waals surface area (Å²) < 4.78 is 40.7. The zero-order valence-electron chi connectivity index (χ0n) is 15.1. The number of fused-ring (bicyclic) bond motifs is 4. The molecule has 6 rings (SSSR count). The normalized spacial score (nSPS) is 21.7. The van der Waals surface area contributed by atoms with E-state index >= 15 is 0 Å². The summed E-state index contributed by atoms with van der Waals surface area (Å²) in [7, 11) is 0. The molecule has 0 saturated carbocycles. The topological polar surface area (TPSA) is 74.6 Å². The summed E-state index contributed by atoms with van der Waals surface area (Å²) >= 11 is 0.543. The number of halogens is 3. The maximum absolute atomic E-state index is 13.1. The molecule has 6 heterocycles. The third-order valence-electron chi connectivity index (χ3n) is 5.40. The van der Waals surface area contributed by atoms with Crippen molar-refractivity contribution in [2.75, 3.05) is 23.3 Å². The van der Waals surface area contributed by atoms with Gasteiger partial charge < -0.3 is 15.5 Å². The fourth-order valence-electron chi connectivity index (χ4n) is 3.96. The number of hydrogen-bond acceptors (Lipinski definition) is 6. The number of aromatic nitrogens is 3. The second kappa shape index (κ2) is 6.70. The Morgan fingerprint density at radius 1 is 1.28 bits per heavy atom. The molecule has 29 heavy (non-hydrogen) atoms.